The van der Waals surface area contributed by atoms with E-state index < -0.39 is 5.97 Å². The molecule has 0 aromatic heterocycles. The molecule has 0 unspecified atom stereocenters. The Morgan fingerprint density at radius 3 is 2.10 bits per heavy atom. The van der Waals surface area contributed by atoms with Crippen LogP contribution in [-0.2, 0) is 9.59 Å². The van der Waals surface area contributed by atoms with Gasteiger partial charge in [-0.2, -0.15) is 0 Å². The predicted molar refractivity (Wildman–Crippen MR) is 77.8 cm³/mol. The van der Waals surface area contributed by atoms with Crippen LogP contribution in [0.25, 0.3) is 0 Å². The van der Waals surface area contributed by atoms with Crippen molar-refractivity contribution >= 4 is 23.3 Å². The Bertz CT molecular complexity index is 476. The average molecular weight is 276 g/mol. The van der Waals surface area contributed by atoms with Crippen molar-refractivity contribution in [3.8, 4) is 0 Å². The summed E-state index contributed by atoms with van der Waals surface area (Å²) in [5, 5.41) is 15.1. The predicted octanol–water partition coefficient (Wildman–Crippen LogP) is 2.70. The van der Waals surface area contributed by atoms with Gasteiger partial charge in [-0.25, -0.2) is 0 Å². The Balaban J connectivity index is 1.85. The minimum atomic E-state index is -0.678. The molecular weight excluding hydrogens is 256 g/mol. The summed E-state index contributed by atoms with van der Waals surface area (Å²) in [7, 11) is 0. The Morgan fingerprint density at radius 2 is 1.60 bits per heavy atom. The van der Waals surface area contributed by atoms with E-state index in [-0.39, 0.29) is 11.8 Å². The maximum atomic E-state index is 10.9. The van der Waals surface area contributed by atoms with Gasteiger partial charge < -0.3 is 15.7 Å². The van der Waals surface area contributed by atoms with Crippen LogP contribution >= 0.6 is 0 Å². The van der Waals surface area contributed by atoms with Crippen LogP contribution in [0.15, 0.2) is 24.3 Å². The van der Waals surface area contributed by atoms with Crippen LogP contribution in [0.3, 0.4) is 0 Å². The molecule has 0 heterocycles. The first-order chi connectivity index (χ1) is 9.54. The second-order valence-corrected chi connectivity index (χ2v) is 5.29. The number of carbonyl (C=O) groups excluding carboxylic acids is 1. The molecule has 1 amide bonds. The standard InChI is InChI=1S/C15H20N2O3/c1-10(18)16-12-6-8-14(9-7-12)17-13-4-2-11(3-5-13)15(19)20/h6-9,11,13,17H,2-5H2,1H3,(H,16,18)(H,19,20). The monoisotopic (exact) mass is 276 g/mol. The molecule has 1 saturated carbocycles. The van der Waals surface area contributed by atoms with Crippen LogP contribution in [-0.4, -0.2) is 23.0 Å². The summed E-state index contributed by atoms with van der Waals surface area (Å²) < 4.78 is 0. The van der Waals surface area contributed by atoms with Gasteiger partial charge in [-0.3, -0.25) is 9.59 Å². The van der Waals surface area contributed by atoms with Gasteiger partial charge in [-0.05, 0) is 49.9 Å². The summed E-state index contributed by atoms with van der Waals surface area (Å²) in [4.78, 5) is 21.8. The van der Waals surface area contributed by atoms with Crippen molar-refractivity contribution in [2.24, 2.45) is 5.92 Å². The number of carboxylic acids is 1. The number of anilines is 2. The molecule has 3 N–H and O–H groups in total. The van der Waals surface area contributed by atoms with Gasteiger partial charge in [-0.15, -0.1) is 0 Å². The first-order valence-corrected chi connectivity index (χ1v) is 6.91. The van der Waals surface area contributed by atoms with E-state index in [9.17, 15) is 9.59 Å². The Kier molecular flexibility index (Phi) is 4.61. The second kappa shape index (κ2) is 6.41. The summed E-state index contributed by atoms with van der Waals surface area (Å²) in [6.45, 7) is 1.48. The van der Waals surface area contributed by atoms with Crippen molar-refractivity contribution in [3.05, 3.63) is 24.3 Å². The Hall–Kier alpha value is -2.04. The lowest BCUT2D eigenvalue weighted by atomic mass is 9.86. The summed E-state index contributed by atoms with van der Waals surface area (Å²) in [5.41, 5.74) is 1.77. The van der Waals surface area contributed by atoms with Crippen LogP contribution in [0, 0.1) is 5.92 Å². The topological polar surface area (TPSA) is 78.4 Å². The molecule has 108 valence electrons. The molecule has 0 bridgehead atoms. The number of rotatable bonds is 4. The smallest absolute Gasteiger partial charge is 0.306 e. The maximum Gasteiger partial charge on any atom is 0.306 e. The summed E-state index contributed by atoms with van der Waals surface area (Å²) in [6, 6.07) is 7.89. The molecule has 1 aromatic rings. The number of amides is 1. The molecule has 0 atom stereocenters. The molecule has 2 rings (SSSR count). The average Bonchev–Trinajstić information content (AvgIpc) is 2.41. The van der Waals surface area contributed by atoms with Gasteiger partial charge >= 0.3 is 5.97 Å². The zero-order chi connectivity index (χ0) is 14.5. The van der Waals surface area contributed by atoms with Crippen LogP contribution in [0.1, 0.15) is 32.6 Å². The molecule has 0 spiro atoms. The van der Waals surface area contributed by atoms with Crippen LogP contribution in [0.4, 0.5) is 11.4 Å². The highest BCUT2D eigenvalue weighted by atomic mass is 16.4. The summed E-state index contributed by atoms with van der Waals surface area (Å²) in [5.74, 6) is -0.948. The minimum absolute atomic E-state index is 0.0855. The van der Waals surface area contributed by atoms with Crippen molar-refractivity contribution in [2.75, 3.05) is 10.6 Å². The number of carbonyl (C=O) groups is 2. The molecule has 5 heteroatoms. The van der Waals surface area contributed by atoms with E-state index in [1.807, 2.05) is 24.3 Å². The summed E-state index contributed by atoms with van der Waals surface area (Å²) >= 11 is 0. The van der Waals surface area contributed by atoms with E-state index in [4.69, 9.17) is 5.11 Å². The molecule has 1 aromatic carbocycles. The third kappa shape index (κ3) is 3.98. The molecule has 1 fully saturated rings. The normalized spacial score (nSPS) is 22.1. The third-order valence-electron chi connectivity index (χ3n) is 3.65. The largest absolute Gasteiger partial charge is 0.481 e. The van der Waals surface area contributed by atoms with Crippen molar-refractivity contribution in [2.45, 2.75) is 38.6 Å². The molecule has 0 radical (unpaired) electrons. The van der Waals surface area contributed by atoms with Gasteiger partial charge in [0, 0.05) is 24.3 Å². The second-order valence-electron chi connectivity index (χ2n) is 5.29. The lowest BCUT2D eigenvalue weighted by Crippen LogP contribution is -2.29. The Morgan fingerprint density at radius 1 is 1.05 bits per heavy atom. The van der Waals surface area contributed by atoms with Gasteiger partial charge in [0.15, 0.2) is 0 Å². The first kappa shape index (κ1) is 14.4. The Labute approximate surface area is 118 Å². The van der Waals surface area contributed by atoms with Gasteiger partial charge in [0.2, 0.25) is 5.91 Å². The van der Waals surface area contributed by atoms with Crippen molar-refractivity contribution in [1.82, 2.24) is 0 Å². The first-order valence-electron chi connectivity index (χ1n) is 6.91. The number of benzene rings is 1. The number of hydrogen-bond acceptors (Lipinski definition) is 3. The molecule has 1 aliphatic rings. The quantitative estimate of drug-likeness (QED) is 0.790. The van der Waals surface area contributed by atoms with Crippen molar-refractivity contribution in [3.63, 3.8) is 0 Å². The molecular formula is C15H20N2O3. The van der Waals surface area contributed by atoms with Gasteiger partial charge in [0.05, 0.1) is 5.92 Å². The lowest BCUT2D eigenvalue weighted by Gasteiger charge is -2.27. The molecule has 0 saturated heterocycles. The maximum absolute atomic E-state index is 10.9. The molecule has 1 aliphatic carbocycles. The van der Waals surface area contributed by atoms with E-state index in [1.54, 1.807) is 0 Å². The SMILES string of the molecule is CC(=O)Nc1ccc(NC2CCC(C(=O)O)CC2)cc1. The molecule has 5 nitrogen and oxygen atoms in total. The number of nitrogens with one attached hydrogen (secondary N) is 2. The van der Waals surface area contributed by atoms with E-state index in [0.717, 1.165) is 37.1 Å². The highest BCUT2D eigenvalue weighted by Gasteiger charge is 2.25. The highest BCUT2D eigenvalue weighted by Crippen LogP contribution is 2.27. The number of carboxylic acid groups (broad SMARTS) is 1. The van der Waals surface area contributed by atoms with Crippen LogP contribution in [0.5, 0.6) is 0 Å². The van der Waals surface area contributed by atoms with E-state index in [1.165, 1.54) is 6.92 Å². The molecule has 0 aliphatic heterocycles. The number of hydrogen-bond donors (Lipinski definition) is 3. The fourth-order valence-electron chi connectivity index (χ4n) is 2.57. The van der Waals surface area contributed by atoms with Crippen molar-refractivity contribution in [1.29, 1.82) is 0 Å². The fraction of sp³-hybridized carbons (Fsp3) is 0.467. The lowest BCUT2D eigenvalue weighted by molar-refractivity contribution is -0.142. The van der Waals surface area contributed by atoms with E-state index in [2.05, 4.69) is 10.6 Å². The molecule has 20 heavy (non-hydrogen) atoms. The van der Waals surface area contributed by atoms with Crippen LogP contribution < -0.4 is 10.6 Å². The van der Waals surface area contributed by atoms with Gasteiger partial charge in [0.25, 0.3) is 0 Å². The number of aliphatic carboxylic acids is 1. The van der Waals surface area contributed by atoms with E-state index in [0.29, 0.717) is 6.04 Å². The third-order valence-corrected chi connectivity index (χ3v) is 3.65. The fourth-order valence-corrected chi connectivity index (χ4v) is 2.57. The van der Waals surface area contributed by atoms with Crippen LogP contribution in [0.2, 0.25) is 0 Å². The van der Waals surface area contributed by atoms with Gasteiger partial charge in [0.1, 0.15) is 0 Å². The van der Waals surface area contributed by atoms with E-state index >= 15 is 0 Å². The zero-order valence-corrected chi connectivity index (χ0v) is 11.6. The minimum Gasteiger partial charge on any atom is -0.481 e. The summed E-state index contributed by atoms with van der Waals surface area (Å²) in [6.07, 6.45) is 3.22. The highest BCUT2D eigenvalue weighted by molar-refractivity contribution is 5.88. The van der Waals surface area contributed by atoms with Gasteiger partial charge in [-0.1, -0.05) is 0 Å². The van der Waals surface area contributed by atoms with Crippen molar-refractivity contribution < 1.29 is 14.7 Å². The zero-order valence-electron chi connectivity index (χ0n) is 11.6.